The Labute approximate surface area is 234 Å². The molecule has 0 spiro atoms. The van der Waals surface area contributed by atoms with Gasteiger partial charge >= 0.3 is 5.97 Å². The number of esters is 1. The summed E-state index contributed by atoms with van der Waals surface area (Å²) in [5.74, 6) is 4.76. The number of fused-ring (bicyclic) bond motifs is 2. The zero-order valence-corrected chi connectivity index (χ0v) is 22.4. The summed E-state index contributed by atoms with van der Waals surface area (Å²) in [6.45, 7) is 4.27. The molecule has 2 aliphatic heterocycles. The summed E-state index contributed by atoms with van der Waals surface area (Å²) in [6.07, 6.45) is 5.75. The molecule has 206 valence electrons. The lowest BCUT2D eigenvalue weighted by atomic mass is 10.0. The van der Waals surface area contributed by atoms with E-state index in [-0.39, 0.29) is 18.2 Å². The summed E-state index contributed by atoms with van der Waals surface area (Å²) in [4.78, 5) is 50.3. The Morgan fingerprint density at radius 2 is 1.93 bits per heavy atom. The van der Waals surface area contributed by atoms with Crippen LogP contribution < -0.4 is 4.90 Å². The number of aromatic nitrogens is 4. The largest absolute Gasteiger partial charge is 0.462 e. The van der Waals surface area contributed by atoms with Gasteiger partial charge in [-0.25, -0.2) is 23.7 Å². The molecule has 0 aliphatic carbocycles. The number of ether oxygens (including phenoxy) is 1. The van der Waals surface area contributed by atoms with Crippen LogP contribution >= 0.6 is 0 Å². The van der Waals surface area contributed by atoms with Gasteiger partial charge in [-0.2, -0.15) is 5.10 Å². The first-order valence-electron chi connectivity index (χ1n) is 13.3. The molecule has 11 heteroatoms. The van der Waals surface area contributed by atoms with Crippen LogP contribution in [0.25, 0.3) is 5.65 Å². The molecule has 3 aromatic heterocycles. The SMILES string of the molecule is CCOC(=O)c1cnn2ccc(N3CCCC3c3cc(F)cnc3C#C[C@@H](C)N3C(=O)c4ccccc4C3=O)nc12. The van der Waals surface area contributed by atoms with Gasteiger partial charge in [-0.1, -0.05) is 18.1 Å². The fourth-order valence-electron chi connectivity index (χ4n) is 5.35. The van der Waals surface area contributed by atoms with Gasteiger partial charge in [0, 0.05) is 18.3 Å². The molecule has 1 unspecified atom stereocenters. The second-order valence-electron chi connectivity index (χ2n) is 9.75. The van der Waals surface area contributed by atoms with Gasteiger partial charge in [0.25, 0.3) is 11.8 Å². The van der Waals surface area contributed by atoms with Gasteiger partial charge in [-0.15, -0.1) is 0 Å². The van der Waals surface area contributed by atoms with Crippen LogP contribution in [0.15, 0.2) is 55.0 Å². The number of rotatable bonds is 5. The fraction of sp³-hybridized carbons (Fsp3) is 0.267. The molecule has 1 fully saturated rings. The molecule has 2 atom stereocenters. The number of carbonyl (C=O) groups excluding carboxylic acids is 3. The molecule has 1 saturated heterocycles. The van der Waals surface area contributed by atoms with Gasteiger partial charge in [0.1, 0.15) is 22.9 Å². The van der Waals surface area contributed by atoms with Gasteiger partial charge in [0.05, 0.1) is 42.2 Å². The number of carbonyl (C=O) groups is 3. The van der Waals surface area contributed by atoms with Crippen LogP contribution in [-0.4, -0.2) is 61.5 Å². The van der Waals surface area contributed by atoms with E-state index in [0.29, 0.717) is 46.8 Å². The minimum absolute atomic E-state index is 0.228. The lowest BCUT2D eigenvalue weighted by Gasteiger charge is -2.26. The molecule has 0 saturated carbocycles. The molecule has 0 bridgehead atoms. The Balaban J connectivity index is 1.32. The van der Waals surface area contributed by atoms with Crippen molar-refractivity contribution < 1.29 is 23.5 Å². The minimum atomic E-state index is -0.728. The normalized spacial score (nSPS) is 17.0. The second-order valence-corrected chi connectivity index (χ2v) is 9.75. The van der Waals surface area contributed by atoms with Crippen molar-refractivity contribution in [1.29, 1.82) is 0 Å². The molecule has 0 radical (unpaired) electrons. The van der Waals surface area contributed by atoms with E-state index in [1.165, 1.54) is 16.8 Å². The standard InChI is InChI=1S/C30H25FN6O4/c1-3-41-30(40)23-17-33-36-14-12-26(34-27(23)36)35-13-6-9-25(35)22-15-19(31)16-32-24(22)11-10-18(2)37-28(38)20-7-4-5-8-21(20)29(37)39/h4-5,7-8,12,14-18,25H,3,6,9,13H2,1-2H3/t18-,25?/m1/s1. The Morgan fingerprint density at radius 1 is 1.17 bits per heavy atom. The average molecular weight is 553 g/mol. The van der Waals surface area contributed by atoms with E-state index in [2.05, 4.69) is 21.9 Å². The van der Waals surface area contributed by atoms with Crippen LogP contribution in [0, 0.1) is 17.7 Å². The fourth-order valence-corrected chi connectivity index (χ4v) is 5.35. The highest BCUT2D eigenvalue weighted by molar-refractivity contribution is 6.21. The molecule has 5 heterocycles. The van der Waals surface area contributed by atoms with E-state index in [4.69, 9.17) is 9.72 Å². The van der Waals surface area contributed by atoms with Gasteiger partial charge in [-0.05, 0) is 56.9 Å². The predicted molar refractivity (Wildman–Crippen MR) is 146 cm³/mol. The monoisotopic (exact) mass is 552 g/mol. The first-order chi connectivity index (χ1) is 19.9. The van der Waals surface area contributed by atoms with Crippen LogP contribution in [0.2, 0.25) is 0 Å². The van der Waals surface area contributed by atoms with E-state index in [1.807, 2.05) is 4.90 Å². The number of amides is 2. The first kappa shape index (κ1) is 26.1. The summed E-state index contributed by atoms with van der Waals surface area (Å²) in [5.41, 5.74) is 2.24. The number of benzene rings is 1. The Bertz CT molecular complexity index is 1740. The van der Waals surface area contributed by atoms with Crippen LogP contribution in [0.1, 0.15) is 75.1 Å². The summed E-state index contributed by atoms with van der Waals surface area (Å²) < 4.78 is 21.1. The molecule has 0 N–H and O–H groups in total. The number of imide groups is 1. The van der Waals surface area contributed by atoms with Crippen LogP contribution in [-0.2, 0) is 4.74 Å². The van der Waals surface area contributed by atoms with Crippen molar-refractivity contribution in [2.75, 3.05) is 18.1 Å². The third-order valence-corrected chi connectivity index (χ3v) is 7.25. The first-order valence-corrected chi connectivity index (χ1v) is 13.3. The van der Waals surface area contributed by atoms with E-state index in [9.17, 15) is 18.8 Å². The summed E-state index contributed by atoms with van der Waals surface area (Å²) in [5, 5.41) is 4.20. The minimum Gasteiger partial charge on any atom is -0.462 e. The molecule has 2 amide bonds. The number of pyridine rings is 1. The van der Waals surface area contributed by atoms with E-state index >= 15 is 0 Å². The molecule has 10 nitrogen and oxygen atoms in total. The van der Waals surface area contributed by atoms with E-state index < -0.39 is 29.6 Å². The highest BCUT2D eigenvalue weighted by atomic mass is 19.1. The van der Waals surface area contributed by atoms with Crippen molar-refractivity contribution >= 4 is 29.2 Å². The summed E-state index contributed by atoms with van der Waals surface area (Å²) >= 11 is 0. The van der Waals surface area contributed by atoms with Gasteiger partial charge in [0.15, 0.2) is 5.65 Å². The third-order valence-electron chi connectivity index (χ3n) is 7.25. The molecule has 1 aromatic carbocycles. The molecule has 4 aromatic rings. The zero-order valence-electron chi connectivity index (χ0n) is 22.4. The molecule has 41 heavy (non-hydrogen) atoms. The van der Waals surface area contributed by atoms with Gasteiger partial charge in [-0.3, -0.25) is 14.5 Å². The van der Waals surface area contributed by atoms with Crippen molar-refractivity contribution in [2.45, 2.75) is 38.8 Å². The predicted octanol–water partition coefficient (Wildman–Crippen LogP) is 3.82. The topological polar surface area (TPSA) is 110 Å². The number of anilines is 1. The maximum absolute atomic E-state index is 14.5. The van der Waals surface area contributed by atoms with Crippen molar-refractivity contribution in [3.05, 3.63) is 88.8 Å². The van der Waals surface area contributed by atoms with E-state index in [0.717, 1.165) is 17.5 Å². The maximum atomic E-state index is 14.5. The van der Waals surface area contributed by atoms with Gasteiger partial charge in [0.2, 0.25) is 0 Å². The van der Waals surface area contributed by atoms with Crippen molar-refractivity contribution in [2.24, 2.45) is 0 Å². The van der Waals surface area contributed by atoms with E-state index in [1.54, 1.807) is 50.4 Å². The molecule has 6 rings (SSSR count). The Morgan fingerprint density at radius 3 is 2.66 bits per heavy atom. The molecule has 2 aliphatic rings. The number of hydrogen-bond donors (Lipinski definition) is 0. The summed E-state index contributed by atoms with van der Waals surface area (Å²) in [7, 11) is 0. The number of hydrogen-bond acceptors (Lipinski definition) is 8. The van der Waals surface area contributed by atoms with Crippen molar-refractivity contribution in [1.82, 2.24) is 24.5 Å². The zero-order chi connectivity index (χ0) is 28.7. The Kier molecular flexibility index (Phi) is 6.67. The average Bonchev–Trinajstić information content (AvgIpc) is 3.69. The molecular weight excluding hydrogens is 527 g/mol. The van der Waals surface area contributed by atoms with Crippen LogP contribution in [0.4, 0.5) is 10.2 Å². The van der Waals surface area contributed by atoms with Gasteiger partial charge < -0.3 is 9.64 Å². The second kappa shape index (κ2) is 10.5. The highest BCUT2D eigenvalue weighted by Gasteiger charge is 2.38. The lowest BCUT2D eigenvalue weighted by Crippen LogP contribution is -2.37. The number of halogens is 1. The third kappa shape index (κ3) is 4.57. The lowest BCUT2D eigenvalue weighted by molar-refractivity contribution is 0.0527. The molecular formula is C30H25FN6O4. The highest BCUT2D eigenvalue weighted by Crippen LogP contribution is 2.37. The smallest absolute Gasteiger partial charge is 0.343 e. The van der Waals surface area contributed by atoms with Crippen molar-refractivity contribution in [3.8, 4) is 11.8 Å². The Hall–Kier alpha value is -5.11. The van der Waals surface area contributed by atoms with Crippen LogP contribution in [0.5, 0.6) is 0 Å². The van der Waals surface area contributed by atoms with Crippen molar-refractivity contribution in [3.63, 3.8) is 0 Å². The summed E-state index contributed by atoms with van der Waals surface area (Å²) in [6, 6.07) is 8.84. The number of nitrogens with zero attached hydrogens (tertiary/aromatic N) is 6. The van der Waals surface area contributed by atoms with Crippen LogP contribution in [0.3, 0.4) is 0 Å². The quantitative estimate of drug-likeness (QED) is 0.209. The maximum Gasteiger partial charge on any atom is 0.343 e.